The summed E-state index contributed by atoms with van der Waals surface area (Å²) in [5.74, 6) is -8.58. The second kappa shape index (κ2) is 7.49. The van der Waals surface area contributed by atoms with Crippen molar-refractivity contribution in [2.45, 2.75) is 18.4 Å². The number of fused-ring (bicyclic) bond motifs is 1. The van der Waals surface area contributed by atoms with E-state index in [9.17, 15) is 44.2 Å². The second-order valence-electron chi connectivity index (χ2n) is 7.33. The van der Waals surface area contributed by atoms with Crippen LogP contribution >= 0.6 is 0 Å². The molecule has 3 aromatic rings. The SMILES string of the molecule is O=C(O)c1ccc(F)c(F)c1C1Cc2c(O)cc(O)cc2O[C@H]1c1cc(O)c(O)c(O)c1. The van der Waals surface area contributed by atoms with Gasteiger partial charge in [-0.3, -0.25) is 0 Å². The molecule has 2 atom stereocenters. The zero-order chi connectivity index (χ0) is 23.3. The third-order valence-corrected chi connectivity index (χ3v) is 5.37. The minimum Gasteiger partial charge on any atom is -0.508 e. The molecule has 0 spiro atoms. The van der Waals surface area contributed by atoms with Gasteiger partial charge in [-0.1, -0.05) is 0 Å². The molecule has 0 bridgehead atoms. The lowest BCUT2D eigenvalue weighted by atomic mass is 9.79. The van der Waals surface area contributed by atoms with Gasteiger partial charge >= 0.3 is 5.97 Å². The van der Waals surface area contributed by atoms with Crippen LogP contribution in [-0.4, -0.2) is 36.6 Å². The highest BCUT2D eigenvalue weighted by Gasteiger charge is 2.39. The summed E-state index contributed by atoms with van der Waals surface area (Å²) in [4.78, 5) is 11.8. The standard InChI is InChI=1S/C22H16F2O8/c23-13-2-1-10(22(30)31)18(19(13)24)12-7-11-14(26)5-9(25)6-17(11)32-21(12)8-3-15(27)20(29)16(28)4-8/h1-6,12,21,25-29H,7H2,(H,30,31)/t12?,21-/m0/s1. The Bertz CT molecular complexity index is 1230. The number of ether oxygens (including phenoxy) is 1. The largest absolute Gasteiger partial charge is 0.508 e. The fraction of sp³-hybridized carbons (Fsp3) is 0.136. The molecule has 1 aliphatic heterocycles. The Hall–Kier alpha value is -4.21. The van der Waals surface area contributed by atoms with Crippen LogP contribution in [0.25, 0.3) is 0 Å². The molecule has 166 valence electrons. The molecule has 0 amide bonds. The van der Waals surface area contributed by atoms with Gasteiger partial charge in [-0.05, 0) is 30.7 Å². The van der Waals surface area contributed by atoms with Crippen LogP contribution in [-0.2, 0) is 6.42 Å². The van der Waals surface area contributed by atoms with Crippen LogP contribution in [0.2, 0.25) is 0 Å². The van der Waals surface area contributed by atoms with E-state index in [1.165, 1.54) is 6.07 Å². The number of hydrogen-bond donors (Lipinski definition) is 6. The first-order chi connectivity index (χ1) is 15.1. The van der Waals surface area contributed by atoms with Gasteiger partial charge in [-0.2, -0.15) is 0 Å². The molecule has 0 fully saturated rings. The van der Waals surface area contributed by atoms with Gasteiger partial charge in [0.15, 0.2) is 28.9 Å². The van der Waals surface area contributed by atoms with Gasteiger partial charge in [0.2, 0.25) is 0 Å². The summed E-state index contributed by atoms with van der Waals surface area (Å²) in [6.07, 6.45) is -1.55. The molecule has 10 heteroatoms. The van der Waals surface area contributed by atoms with E-state index in [4.69, 9.17) is 4.74 Å². The van der Waals surface area contributed by atoms with Crippen LogP contribution in [0.1, 0.15) is 39.1 Å². The third-order valence-electron chi connectivity index (χ3n) is 5.37. The Morgan fingerprint density at radius 1 is 0.938 bits per heavy atom. The van der Waals surface area contributed by atoms with Crippen LogP contribution in [0.4, 0.5) is 8.78 Å². The van der Waals surface area contributed by atoms with Gasteiger partial charge in [0.1, 0.15) is 23.4 Å². The normalized spacial score (nSPS) is 17.4. The van der Waals surface area contributed by atoms with Crippen LogP contribution in [0, 0.1) is 11.6 Å². The molecule has 32 heavy (non-hydrogen) atoms. The van der Waals surface area contributed by atoms with Crippen LogP contribution < -0.4 is 4.74 Å². The number of carboxylic acid groups (broad SMARTS) is 1. The lowest BCUT2D eigenvalue weighted by Crippen LogP contribution is -2.27. The molecule has 1 aliphatic rings. The van der Waals surface area contributed by atoms with Gasteiger partial charge < -0.3 is 35.4 Å². The lowest BCUT2D eigenvalue weighted by molar-refractivity contribution is 0.0691. The van der Waals surface area contributed by atoms with Crippen molar-refractivity contribution in [2.24, 2.45) is 0 Å². The number of aromatic carboxylic acids is 1. The number of aromatic hydroxyl groups is 5. The average Bonchev–Trinajstić information content (AvgIpc) is 2.72. The predicted octanol–water partition coefficient (Wildman–Crippen LogP) is 3.65. The van der Waals surface area contributed by atoms with Crippen molar-refractivity contribution in [1.29, 1.82) is 0 Å². The molecule has 0 aromatic heterocycles. The maximum Gasteiger partial charge on any atom is 0.336 e. The minimum absolute atomic E-state index is 0.00344. The Labute approximate surface area is 178 Å². The first kappa shape index (κ1) is 21.0. The molecular formula is C22H16F2O8. The summed E-state index contributed by atoms with van der Waals surface area (Å²) < 4.78 is 34.9. The fourth-order valence-corrected chi connectivity index (χ4v) is 3.93. The van der Waals surface area contributed by atoms with Crippen molar-refractivity contribution >= 4 is 5.97 Å². The third kappa shape index (κ3) is 3.35. The van der Waals surface area contributed by atoms with Gasteiger partial charge in [0.05, 0.1) is 5.56 Å². The second-order valence-corrected chi connectivity index (χ2v) is 7.33. The Kier molecular flexibility index (Phi) is 4.92. The van der Waals surface area contributed by atoms with E-state index in [0.29, 0.717) is 6.07 Å². The number of rotatable bonds is 3. The average molecular weight is 446 g/mol. The van der Waals surface area contributed by atoms with E-state index >= 15 is 0 Å². The van der Waals surface area contributed by atoms with E-state index in [2.05, 4.69) is 0 Å². The van der Waals surface area contributed by atoms with Crippen molar-refractivity contribution in [1.82, 2.24) is 0 Å². The maximum absolute atomic E-state index is 14.9. The highest BCUT2D eigenvalue weighted by Crippen LogP contribution is 2.51. The topological polar surface area (TPSA) is 148 Å². The van der Waals surface area contributed by atoms with Crippen molar-refractivity contribution in [3.63, 3.8) is 0 Å². The van der Waals surface area contributed by atoms with Gasteiger partial charge in [0, 0.05) is 34.7 Å². The zero-order valence-electron chi connectivity index (χ0n) is 16.1. The van der Waals surface area contributed by atoms with Gasteiger partial charge in [-0.15, -0.1) is 0 Å². The van der Waals surface area contributed by atoms with E-state index in [1.807, 2.05) is 0 Å². The van der Waals surface area contributed by atoms with Gasteiger partial charge in [-0.25, -0.2) is 13.6 Å². The highest BCUT2D eigenvalue weighted by atomic mass is 19.2. The van der Waals surface area contributed by atoms with E-state index in [0.717, 1.165) is 24.3 Å². The summed E-state index contributed by atoms with van der Waals surface area (Å²) in [5, 5.41) is 59.1. The molecule has 0 radical (unpaired) electrons. The number of halogens is 2. The molecular weight excluding hydrogens is 430 g/mol. The predicted molar refractivity (Wildman–Crippen MR) is 104 cm³/mol. The lowest BCUT2D eigenvalue weighted by Gasteiger charge is -2.35. The first-order valence-corrected chi connectivity index (χ1v) is 9.26. The molecule has 3 aromatic carbocycles. The summed E-state index contributed by atoms with van der Waals surface area (Å²) in [7, 11) is 0. The number of hydrogen-bond acceptors (Lipinski definition) is 7. The highest BCUT2D eigenvalue weighted by molar-refractivity contribution is 5.89. The molecule has 0 aliphatic carbocycles. The molecule has 0 saturated heterocycles. The smallest absolute Gasteiger partial charge is 0.336 e. The summed E-state index contributed by atoms with van der Waals surface area (Å²) in [6, 6.07) is 5.76. The minimum atomic E-state index is -1.53. The van der Waals surface area contributed by atoms with E-state index in [1.54, 1.807) is 0 Å². The number of phenols is 5. The Morgan fingerprint density at radius 2 is 1.59 bits per heavy atom. The van der Waals surface area contributed by atoms with Crippen molar-refractivity contribution < 1.29 is 49.0 Å². The number of carboxylic acids is 1. The van der Waals surface area contributed by atoms with E-state index in [-0.39, 0.29) is 29.0 Å². The Morgan fingerprint density at radius 3 is 2.22 bits per heavy atom. The molecule has 1 unspecified atom stereocenters. The summed E-state index contributed by atoms with van der Waals surface area (Å²) >= 11 is 0. The molecule has 0 saturated carbocycles. The van der Waals surface area contributed by atoms with Crippen molar-refractivity contribution in [3.05, 3.63) is 70.3 Å². The molecule has 6 N–H and O–H groups in total. The molecule has 4 rings (SSSR count). The maximum atomic E-state index is 14.9. The fourth-order valence-electron chi connectivity index (χ4n) is 3.93. The molecule has 8 nitrogen and oxygen atoms in total. The summed E-state index contributed by atoms with van der Waals surface area (Å²) in [5.41, 5.74) is -0.989. The number of phenolic OH excluding ortho intramolecular Hbond substituents is 5. The number of benzene rings is 3. The van der Waals surface area contributed by atoms with Gasteiger partial charge in [0.25, 0.3) is 0 Å². The summed E-state index contributed by atoms with van der Waals surface area (Å²) in [6.45, 7) is 0. The zero-order valence-corrected chi connectivity index (χ0v) is 16.1. The van der Waals surface area contributed by atoms with E-state index < -0.39 is 63.8 Å². The number of carbonyl (C=O) groups is 1. The van der Waals surface area contributed by atoms with Crippen molar-refractivity contribution in [3.8, 4) is 34.5 Å². The van der Waals surface area contributed by atoms with Crippen LogP contribution in [0.3, 0.4) is 0 Å². The Balaban J connectivity index is 1.98. The first-order valence-electron chi connectivity index (χ1n) is 9.26. The van der Waals surface area contributed by atoms with Crippen LogP contribution in [0.5, 0.6) is 34.5 Å². The monoisotopic (exact) mass is 446 g/mol. The van der Waals surface area contributed by atoms with Crippen LogP contribution in [0.15, 0.2) is 36.4 Å². The van der Waals surface area contributed by atoms with Crippen molar-refractivity contribution in [2.75, 3.05) is 0 Å². The molecule has 1 heterocycles. The quantitative estimate of drug-likeness (QED) is 0.334.